The van der Waals surface area contributed by atoms with Crippen LogP contribution in [-0.4, -0.2) is 60.5 Å². The number of fused-ring (bicyclic) bond motifs is 1. The molecule has 1 aromatic carbocycles. The van der Waals surface area contributed by atoms with E-state index in [-0.39, 0.29) is 51.8 Å². The van der Waals surface area contributed by atoms with Gasteiger partial charge in [-0.05, 0) is 56.9 Å². The van der Waals surface area contributed by atoms with Crippen LogP contribution in [-0.2, 0) is 4.79 Å². The molecule has 1 fully saturated rings. The number of halogens is 2. The van der Waals surface area contributed by atoms with Gasteiger partial charge < -0.3 is 9.80 Å². The molecule has 1 aliphatic rings. The molecular weight excluding hydrogens is 581 g/mol. The van der Waals surface area contributed by atoms with Gasteiger partial charge in [0.25, 0.3) is 0 Å². The number of hydrogen-bond acceptors (Lipinski definition) is 7. The van der Waals surface area contributed by atoms with Crippen LogP contribution in [0.25, 0.3) is 28.0 Å². The lowest BCUT2D eigenvalue weighted by Crippen LogP contribution is -2.58. The second-order valence-corrected chi connectivity index (χ2v) is 12.4. The lowest BCUT2D eigenvalue weighted by atomic mass is 10.0. The molecule has 0 saturated carbocycles. The maximum absolute atomic E-state index is 15.1. The largest absolute Gasteiger partial charge is 0.355 e. The molecule has 2 atom stereocenters. The Morgan fingerprint density at radius 1 is 1.02 bits per heavy atom. The van der Waals surface area contributed by atoms with Crippen molar-refractivity contribution >= 4 is 34.4 Å². The molecule has 5 rings (SSSR count). The van der Waals surface area contributed by atoms with Crippen LogP contribution >= 0.6 is 11.6 Å². The van der Waals surface area contributed by atoms with Gasteiger partial charge in [-0.2, -0.15) is 4.98 Å². The number of aryl methyl sites for hydroxylation is 1. The van der Waals surface area contributed by atoms with Crippen molar-refractivity contribution < 1.29 is 9.18 Å². The van der Waals surface area contributed by atoms with Crippen molar-refractivity contribution in [1.29, 1.82) is 0 Å². The van der Waals surface area contributed by atoms with Crippen LogP contribution in [0.5, 0.6) is 0 Å². The van der Waals surface area contributed by atoms with Crippen LogP contribution in [0, 0.1) is 12.7 Å². The van der Waals surface area contributed by atoms with Gasteiger partial charge in [-0.3, -0.25) is 4.79 Å². The first-order valence-corrected chi connectivity index (χ1v) is 15.2. The molecule has 11 heteroatoms. The van der Waals surface area contributed by atoms with Crippen molar-refractivity contribution in [2.75, 3.05) is 18.0 Å². The molecular formula is C33H37ClFN7O2. The average Bonchev–Trinajstić information content (AvgIpc) is 2.97. The molecule has 44 heavy (non-hydrogen) atoms. The third-order valence-corrected chi connectivity index (χ3v) is 8.30. The number of benzene rings is 1. The molecule has 0 bridgehead atoms. The summed E-state index contributed by atoms with van der Waals surface area (Å²) < 4.78 is 16.5. The van der Waals surface area contributed by atoms with E-state index in [4.69, 9.17) is 26.6 Å². The van der Waals surface area contributed by atoms with E-state index in [9.17, 15) is 9.59 Å². The zero-order chi connectivity index (χ0) is 32.0. The fourth-order valence-electron chi connectivity index (χ4n) is 5.86. The Morgan fingerprint density at radius 3 is 2.25 bits per heavy atom. The Labute approximate surface area is 261 Å². The highest BCUT2D eigenvalue weighted by molar-refractivity contribution is 6.33. The van der Waals surface area contributed by atoms with Crippen LogP contribution in [0.4, 0.5) is 10.2 Å². The number of carbonyl (C=O) groups is 1. The van der Waals surface area contributed by atoms with E-state index < -0.39 is 11.5 Å². The van der Waals surface area contributed by atoms with Gasteiger partial charge in [0.1, 0.15) is 17.5 Å². The molecule has 1 aliphatic heterocycles. The second kappa shape index (κ2) is 12.1. The quantitative estimate of drug-likeness (QED) is 0.238. The van der Waals surface area contributed by atoms with E-state index in [0.717, 1.165) is 0 Å². The number of piperazine rings is 1. The molecule has 2 unspecified atom stereocenters. The maximum atomic E-state index is 15.1. The number of rotatable bonds is 6. The first-order chi connectivity index (χ1) is 20.8. The van der Waals surface area contributed by atoms with Gasteiger partial charge in [0.05, 0.1) is 33.2 Å². The average molecular weight is 618 g/mol. The summed E-state index contributed by atoms with van der Waals surface area (Å²) in [7, 11) is 0. The Hall–Kier alpha value is -4.18. The summed E-state index contributed by atoms with van der Waals surface area (Å²) in [5.74, 6) is 0.241. The monoisotopic (exact) mass is 617 g/mol. The van der Waals surface area contributed by atoms with Gasteiger partial charge in [-0.1, -0.05) is 58.0 Å². The highest BCUT2D eigenvalue weighted by Crippen LogP contribution is 2.37. The highest BCUT2D eigenvalue weighted by Gasteiger charge is 2.34. The summed E-state index contributed by atoms with van der Waals surface area (Å²) in [6, 6.07) is 7.58. The molecule has 0 aliphatic carbocycles. The number of amides is 1. The van der Waals surface area contributed by atoms with Gasteiger partial charge in [0.2, 0.25) is 5.91 Å². The van der Waals surface area contributed by atoms with Crippen LogP contribution in [0.2, 0.25) is 5.02 Å². The fourth-order valence-corrected chi connectivity index (χ4v) is 6.11. The molecule has 3 aromatic heterocycles. The third kappa shape index (κ3) is 5.47. The minimum absolute atomic E-state index is 0.0551. The van der Waals surface area contributed by atoms with E-state index in [1.165, 1.54) is 16.7 Å². The minimum Gasteiger partial charge on any atom is -0.349 e. The fraction of sp³-hybridized carbons (Fsp3) is 0.394. The topological polar surface area (TPSA) is 97.1 Å². The summed E-state index contributed by atoms with van der Waals surface area (Å²) >= 11 is 6.84. The van der Waals surface area contributed by atoms with Gasteiger partial charge in [-0.15, -0.1) is 0 Å². The predicted molar refractivity (Wildman–Crippen MR) is 172 cm³/mol. The molecule has 4 aromatic rings. The lowest BCUT2D eigenvalue weighted by Gasteiger charge is -2.44. The molecule has 0 radical (unpaired) electrons. The maximum Gasteiger partial charge on any atom is 0.355 e. The lowest BCUT2D eigenvalue weighted by molar-refractivity contribution is -0.128. The zero-order valence-corrected chi connectivity index (χ0v) is 26.9. The number of anilines is 1. The van der Waals surface area contributed by atoms with E-state index >= 15 is 4.39 Å². The smallest absolute Gasteiger partial charge is 0.349 e. The number of aromatic nitrogens is 5. The summed E-state index contributed by atoms with van der Waals surface area (Å²) in [4.78, 5) is 49.6. The summed E-state index contributed by atoms with van der Waals surface area (Å²) in [5.41, 5.74) is 2.00. The minimum atomic E-state index is -0.567. The van der Waals surface area contributed by atoms with E-state index in [2.05, 4.69) is 11.6 Å². The SMILES string of the molecule is C=CC(=O)N1CC(C)N(c2nc(=O)n(-c3c(C(C)C)nc(C)nc3C(C)C)c3nc(-c4ccccc4F)c(Cl)cc23)CC1C. The van der Waals surface area contributed by atoms with Gasteiger partial charge in [0, 0.05) is 30.7 Å². The van der Waals surface area contributed by atoms with Crippen molar-refractivity contribution in [3.8, 4) is 16.9 Å². The standard InChI is InChI=1S/C33H37ClFN7O2/c1-9-26(43)40-15-20(7)41(16-19(40)6)31-23-14-24(34)29(22-12-10-11-13-25(22)35)38-32(23)42(33(44)39-31)30-27(17(2)3)36-21(8)37-28(30)18(4)5/h9-14,17-20H,1,15-16H2,2-8H3. The number of pyridine rings is 1. The van der Waals surface area contributed by atoms with Crippen LogP contribution in [0.1, 0.15) is 70.6 Å². The van der Waals surface area contributed by atoms with E-state index in [1.54, 1.807) is 29.2 Å². The Kier molecular flexibility index (Phi) is 8.57. The van der Waals surface area contributed by atoms with Gasteiger partial charge >= 0.3 is 5.69 Å². The predicted octanol–water partition coefficient (Wildman–Crippen LogP) is 6.20. The van der Waals surface area contributed by atoms with Crippen molar-refractivity contribution in [1.82, 2.24) is 29.4 Å². The molecule has 9 nitrogen and oxygen atoms in total. The van der Waals surface area contributed by atoms with Gasteiger partial charge in [0.15, 0.2) is 5.65 Å². The second-order valence-electron chi connectivity index (χ2n) is 12.0. The highest BCUT2D eigenvalue weighted by atomic mass is 35.5. The van der Waals surface area contributed by atoms with E-state index in [1.807, 2.05) is 53.4 Å². The normalized spacial score (nSPS) is 17.2. The molecule has 0 N–H and O–H groups in total. The van der Waals surface area contributed by atoms with Crippen molar-refractivity contribution in [3.05, 3.63) is 81.5 Å². The molecule has 1 saturated heterocycles. The molecule has 230 valence electrons. The van der Waals surface area contributed by atoms with Crippen LogP contribution in [0.3, 0.4) is 0 Å². The third-order valence-electron chi connectivity index (χ3n) is 8.01. The number of carbonyl (C=O) groups excluding carboxylic acids is 1. The first-order valence-electron chi connectivity index (χ1n) is 14.8. The Bertz CT molecular complexity index is 1810. The zero-order valence-electron chi connectivity index (χ0n) is 26.1. The first kappa shape index (κ1) is 31.3. The molecule has 1 amide bonds. The van der Waals surface area contributed by atoms with Gasteiger partial charge in [-0.25, -0.2) is 28.7 Å². The van der Waals surface area contributed by atoms with Crippen LogP contribution in [0.15, 0.2) is 47.8 Å². The van der Waals surface area contributed by atoms with Crippen molar-refractivity contribution in [2.45, 2.75) is 72.4 Å². The Balaban J connectivity index is 1.87. The number of hydrogen-bond donors (Lipinski definition) is 0. The van der Waals surface area contributed by atoms with Crippen LogP contribution < -0.4 is 10.6 Å². The molecule has 4 heterocycles. The van der Waals surface area contributed by atoms with E-state index in [0.29, 0.717) is 47.2 Å². The summed E-state index contributed by atoms with van der Waals surface area (Å²) in [5, 5.41) is 0.729. The molecule has 0 spiro atoms. The van der Waals surface area contributed by atoms with Crippen molar-refractivity contribution in [3.63, 3.8) is 0 Å². The summed E-state index contributed by atoms with van der Waals surface area (Å²) in [6.45, 7) is 18.2. The Morgan fingerprint density at radius 2 is 1.66 bits per heavy atom. The van der Waals surface area contributed by atoms with Crippen molar-refractivity contribution in [2.24, 2.45) is 0 Å². The number of nitrogens with zero attached hydrogens (tertiary/aromatic N) is 7. The summed E-state index contributed by atoms with van der Waals surface area (Å²) in [6.07, 6.45) is 1.31.